The average molecular weight is 371 g/mol. The predicted molar refractivity (Wildman–Crippen MR) is 97.8 cm³/mol. The average Bonchev–Trinajstić information content (AvgIpc) is 3.13. The monoisotopic (exact) mass is 370 g/mol. The predicted octanol–water partition coefficient (Wildman–Crippen LogP) is 2.56. The number of hydrogen-bond donors (Lipinski definition) is 2. The van der Waals surface area contributed by atoms with E-state index in [2.05, 4.69) is 20.8 Å². The summed E-state index contributed by atoms with van der Waals surface area (Å²) >= 11 is 6.14. The summed E-state index contributed by atoms with van der Waals surface area (Å²) in [5.41, 5.74) is 4.52. The van der Waals surface area contributed by atoms with Crippen molar-refractivity contribution in [3.8, 4) is 0 Å². The van der Waals surface area contributed by atoms with Crippen LogP contribution in [0.4, 0.5) is 0 Å². The van der Waals surface area contributed by atoms with E-state index in [4.69, 9.17) is 16.0 Å². The highest BCUT2D eigenvalue weighted by atomic mass is 35.5. The zero-order valence-corrected chi connectivity index (χ0v) is 14.6. The number of carbonyl (C=O) groups is 2. The van der Waals surface area contributed by atoms with Crippen LogP contribution in [0.2, 0.25) is 5.15 Å². The first kappa shape index (κ1) is 17.6. The first-order chi connectivity index (χ1) is 12.5. The third-order valence-electron chi connectivity index (χ3n) is 3.53. The fourth-order valence-corrected chi connectivity index (χ4v) is 2.43. The molecule has 1 aromatic carbocycles. The summed E-state index contributed by atoms with van der Waals surface area (Å²) in [6.45, 7) is 2.08. The molecule has 7 nitrogen and oxygen atoms in total. The number of carbonyl (C=O) groups excluding carboxylic acids is 2. The fourth-order valence-electron chi connectivity index (χ4n) is 2.23. The van der Waals surface area contributed by atoms with Gasteiger partial charge in [-0.2, -0.15) is 5.10 Å². The molecular weight excluding hydrogens is 356 g/mol. The van der Waals surface area contributed by atoms with Crippen LogP contribution < -0.4 is 10.7 Å². The topological polar surface area (TPSA) is 96.6 Å². The Kier molecular flexibility index (Phi) is 5.28. The van der Waals surface area contributed by atoms with Gasteiger partial charge in [-0.15, -0.1) is 0 Å². The van der Waals surface area contributed by atoms with Crippen LogP contribution >= 0.6 is 11.6 Å². The smallest absolute Gasteiger partial charge is 0.329 e. The van der Waals surface area contributed by atoms with Crippen molar-refractivity contribution in [2.75, 3.05) is 0 Å². The minimum Gasteiger partial charge on any atom is -0.467 e. The van der Waals surface area contributed by atoms with Crippen molar-refractivity contribution in [2.45, 2.75) is 13.5 Å². The molecule has 0 bridgehead atoms. The van der Waals surface area contributed by atoms with Gasteiger partial charge in [0.25, 0.3) is 0 Å². The van der Waals surface area contributed by atoms with Crippen LogP contribution in [0, 0.1) is 6.92 Å². The maximum atomic E-state index is 11.7. The van der Waals surface area contributed by atoms with Gasteiger partial charge in [0.15, 0.2) is 0 Å². The summed E-state index contributed by atoms with van der Waals surface area (Å²) in [5, 5.41) is 7.32. The Hall–Kier alpha value is -3.19. The Bertz CT molecular complexity index is 984. The number of aryl methyl sites for hydroxylation is 1. The number of nitrogens with zero attached hydrogens (tertiary/aromatic N) is 2. The Morgan fingerprint density at radius 1 is 1.27 bits per heavy atom. The molecule has 8 heteroatoms. The molecule has 0 unspecified atom stereocenters. The van der Waals surface area contributed by atoms with Gasteiger partial charge >= 0.3 is 11.8 Å². The van der Waals surface area contributed by atoms with E-state index < -0.39 is 11.8 Å². The van der Waals surface area contributed by atoms with Gasteiger partial charge in [0.2, 0.25) is 0 Å². The van der Waals surface area contributed by atoms with Crippen molar-refractivity contribution in [1.29, 1.82) is 0 Å². The molecule has 0 saturated carbocycles. The number of halogens is 1. The number of hydrazone groups is 1. The first-order valence-corrected chi connectivity index (χ1v) is 8.11. The van der Waals surface area contributed by atoms with E-state index in [0.29, 0.717) is 11.3 Å². The number of nitrogens with one attached hydrogen (secondary N) is 2. The van der Waals surface area contributed by atoms with Gasteiger partial charge in [0, 0.05) is 10.9 Å². The summed E-state index contributed by atoms with van der Waals surface area (Å²) in [6.07, 6.45) is 2.82. The van der Waals surface area contributed by atoms with Gasteiger partial charge in [-0.3, -0.25) is 9.59 Å². The third-order valence-corrected chi connectivity index (χ3v) is 3.84. The number of furan rings is 1. The molecule has 132 valence electrons. The second-order valence-corrected chi connectivity index (χ2v) is 5.88. The van der Waals surface area contributed by atoms with Crippen LogP contribution in [0.1, 0.15) is 16.9 Å². The highest BCUT2D eigenvalue weighted by Gasteiger charge is 2.12. The van der Waals surface area contributed by atoms with E-state index in [1.807, 2.05) is 25.1 Å². The Balaban J connectivity index is 1.61. The summed E-state index contributed by atoms with van der Waals surface area (Å²) in [5.74, 6) is -1.18. The zero-order chi connectivity index (χ0) is 18.5. The molecule has 2 heterocycles. The van der Waals surface area contributed by atoms with Crippen molar-refractivity contribution >= 4 is 40.5 Å². The summed E-state index contributed by atoms with van der Waals surface area (Å²) in [7, 11) is 0. The normalized spacial score (nSPS) is 11.0. The molecule has 0 aliphatic rings. The summed E-state index contributed by atoms with van der Waals surface area (Å²) < 4.78 is 5.06. The van der Waals surface area contributed by atoms with Crippen LogP contribution in [0.15, 0.2) is 52.2 Å². The molecule has 3 aromatic rings. The summed E-state index contributed by atoms with van der Waals surface area (Å²) in [4.78, 5) is 27.7. The van der Waals surface area contributed by atoms with Gasteiger partial charge in [-0.1, -0.05) is 23.7 Å². The molecule has 0 atom stereocenters. The molecule has 3 rings (SSSR count). The second kappa shape index (κ2) is 7.79. The lowest BCUT2D eigenvalue weighted by Crippen LogP contribution is -2.37. The number of fused-ring (bicyclic) bond motifs is 1. The van der Waals surface area contributed by atoms with Crippen molar-refractivity contribution in [3.05, 3.63) is 64.7 Å². The zero-order valence-electron chi connectivity index (χ0n) is 13.8. The van der Waals surface area contributed by atoms with E-state index in [-0.39, 0.29) is 11.7 Å². The maximum absolute atomic E-state index is 11.7. The standard InChI is InChI=1S/C18H15ClN4O3/c1-11-4-5-12-8-13(16(19)22-15(12)7-11)9-21-23-18(25)17(24)20-10-14-3-2-6-26-14/h2-9H,10H2,1H3,(H,20,24)(H,23,25)/b21-9-. The molecule has 2 aromatic heterocycles. The van der Waals surface area contributed by atoms with Crippen LogP contribution in [-0.2, 0) is 16.1 Å². The van der Waals surface area contributed by atoms with Crippen molar-refractivity contribution in [3.63, 3.8) is 0 Å². The second-order valence-electron chi connectivity index (χ2n) is 5.53. The molecule has 2 amide bonds. The molecule has 26 heavy (non-hydrogen) atoms. The lowest BCUT2D eigenvalue weighted by atomic mass is 10.1. The van der Waals surface area contributed by atoms with Crippen molar-refractivity contribution < 1.29 is 14.0 Å². The van der Waals surface area contributed by atoms with Gasteiger partial charge < -0.3 is 9.73 Å². The number of pyridine rings is 1. The van der Waals surface area contributed by atoms with Gasteiger partial charge in [0.1, 0.15) is 10.9 Å². The van der Waals surface area contributed by atoms with E-state index in [1.165, 1.54) is 12.5 Å². The summed E-state index contributed by atoms with van der Waals surface area (Å²) in [6, 6.07) is 11.0. The third kappa shape index (κ3) is 4.25. The lowest BCUT2D eigenvalue weighted by Gasteiger charge is -2.04. The molecular formula is C18H15ClN4O3. The lowest BCUT2D eigenvalue weighted by molar-refractivity contribution is -0.139. The Morgan fingerprint density at radius 3 is 2.88 bits per heavy atom. The number of aromatic nitrogens is 1. The SMILES string of the molecule is Cc1ccc2cc(/C=N\NC(=O)C(=O)NCc3ccco3)c(Cl)nc2c1. The number of rotatable bonds is 4. The quantitative estimate of drug-likeness (QED) is 0.319. The molecule has 0 saturated heterocycles. The molecule has 0 spiro atoms. The number of benzene rings is 1. The van der Waals surface area contributed by atoms with Crippen molar-refractivity contribution in [1.82, 2.24) is 15.7 Å². The van der Waals surface area contributed by atoms with E-state index in [9.17, 15) is 9.59 Å². The van der Waals surface area contributed by atoms with Crippen LogP contribution in [0.5, 0.6) is 0 Å². The molecule has 0 radical (unpaired) electrons. The van der Waals surface area contributed by atoms with Crippen LogP contribution in [0.25, 0.3) is 10.9 Å². The minimum atomic E-state index is -0.895. The van der Waals surface area contributed by atoms with Crippen LogP contribution in [-0.4, -0.2) is 23.0 Å². The Labute approximate surface area is 154 Å². The number of amides is 2. The highest BCUT2D eigenvalue weighted by Crippen LogP contribution is 2.20. The van der Waals surface area contributed by atoms with Gasteiger partial charge in [0.05, 0.1) is 24.5 Å². The molecule has 0 aliphatic heterocycles. The van der Waals surface area contributed by atoms with E-state index in [0.717, 1.165) is 16.5 Å². The van der Waals surface area contributed by atoms with Crippen molar-refractivity contribution in [2.24, 2.45) is 5.10 Å². The fraction of sp³-hybridized carbons (Fsp3) is 0.111. The largest absolute Gasteiger partial charge is 0.467 e. The maximum Gasteiger partial charge on any atom is 0.329 e. The number of hydrogen-bond acceptors (Lipinski definition) is 5. The highest BCUT2D eigenvalue weighted by molar-refractivity contribution is 6.35. The Morgan fingerprint density at radius 2 is 2.12 bits per heavy atom. The van der Waals surface area contributed by atoms with E-state index in [1.54, 1.807) is 18.2 Å². The minimum absolute atomic E-state index is 0.114. The molecule has 2 N–H and O–H groups in total. The molecule has 0 aliphatic carbocycles. The van der Waals surface area contributed by atoms with Gasteiger partial charge in [-0.25, -0.2) is 10.4 Å². The first-order valence-electron chi connectivity index (χ1n) is 7.73. The van der Waals surface area contributed by atoms with Gasteiger partial charge in [-0.05, 0) is 36.8 Å². The van der Waals surface area contributed by atoms with E-state index >= 15 is 0 Å². The van der Waals surface area contributed by atoms with Crippen LogP contribution in [0.3, 0.4) is 0 Å². The molecule has 0 fully saturated rings.